The van der Waals surface area contributed by atoms with Crippen molar-refractivity contribution in [1.29, 1.82) is 0 Å². The zero-order valence-corrected chi connectivity index (χ0v) is 21.3. The van der Waals surface area contributed by atoms with Crippen molar-refractivity contribution in [1.82, 2.24) is 9.80 Å². The van der Waals surface area contributed by atoms with E-state index >= 15 is 4.57 Å². The van der Waals surface area contributed by atoms with Gasteiger partial charge in [0.15, 0.2) is 0 Å². The average molecular weight is 475 g/mol. The molecule has 0 amide bonds. The lowest BCUT2D eigenvalue weighted by Gasteiger charge is -2.51. The van der Waals surface area contributed by atoms with Crippen LogP contribution in [0.5, 0.6) is 0 Å². The number of anilines is 2. The van der Waals surface area contributed by atoms with Gasteiger partial charge in [0.1, 0.15) is 5.78 Å². The van der Waals surface area contributed by atoms with Crippen LogP contribution < -0.4 is 9.34 Å². The summed E-state index contributed by atoms with van der Waals surface area (Å²) in [4.78, 5) is 4.93. The number of para-hydroxylation sites is 2. The van der Waals surface area contributed by atoms with Crippen LogP contribution in [0.15, 0.2) is 91.0 Å². The Morgan fingerprint density at radius 1 is 0.706 bits per heavy atom. The minimum absolute atomic E-state index is 0.240. The highest BCUT2D eigenvalue weighted by Gasteiger charge is 2.54. The van der Waals surface area contributed by atoms with E-state index in [4.69, 9.17) is 0 Å². The van der Waals surface area contributed by atoms with Crippen molar-refractivity contribution in [3.63, 3.8) is 0 Å². The molecule has 5 nitrogen and oxygen atoms in total. The third-order valence-electron chi connectivity index (χ3n) is 7.19. The normalized spacial score (nSPS) is 24.3. The fourth-order valence-electron chi connectivity index (χ4n) is 5.91. The topological polar surface area (TPSA) is 30.0 Å². The minimum Gasteiger partial charge on any atom is -0.304 e. The van der Waals surface area contributed by atoms with E-state index in [1.807, 2.05) is 42.5 Å². The standard InChI is InChI=1S/C28H35N4OP/c1-23-21-29(3)22-24(2)32(23)28(25-13-7-4-8-14-25)34(33)30(26-15-9-5-10-16-26)19-20-31(34)27-17-11-6-12-18-27/h4-18,23-24,28H,19-22H2,1-3H3. The molecular formula is C28H35N4OP. The first-order valence-corrected chi connectivity index (χ1v) is 13.9. The van der Waals surface area contributed by atoms with E-state index in [1.165, 1.54) is 0 Å². The molecule has 5 rings (SSSR count). The van der Waals surface area contributed by atoms with Gasteiger partial charge >= 0.3 is 0 Å². The van der Waals surface area contributed by atoms with Crippen LogP contribution >= 0.6 is 7.44 Å². The van der Waals surface area contributed by atoms with Gasteiger partial charge in [-0.15, -0.1) is 0 Å². The van der Waals surface area contributed by atoms with Crippen LogP contribution in [0.2, 0.25) is 0 Å². The molecule has 2 aliphatic rings. The highest BCUT2D eigenvalue weighted by Crippen LogP contribution is 2.70. The van der Waals surface area contributed by atoms with E-state index in [9.17, 15) is 0 Å². The molecule has 3 aromatic rings. The summed E-state index contributed by atoms with van der Waals surface area (Å²) in [5.74, 6) is -0.240. The molecule has 2 heterocycles. The number of likely N-dealkylation sites (N-methyl/N-ethyl adjacent to an activating group) is 1. The first-order chi connectivity index (χ1) is 16.5. The first kappa shape index (κ1) is 23.2. The Bertz CT molecular complexity index is 1060. The molecule has 6 heteroatoms. The Balaban J connectivity index is 1.71. The van der Waals surface area contributed by atoms with Crippen molar-refractivity contribution >= 4 is 18.8 Å². The minimum atomic E-state index is -3.16. The highest BCUT2D eigenvalue weighted by atomic mass is 31.2. The predicted octanol–water partition coefficient (Wildman–Crippen LogP) is 5.93. The van der Waals surface area contributed by atoms with Gasteiger partial charge in [-0.05, 0) is 50.7 Å². The maximum Gasteiger partial charge on any atom is 0.284 e. The van der Waals surface area contributed by atoms with Crippen LogP contribution in [-0.2, 0) is 4.57 Å². The quantitative estimate of drug-likeness (QED) is 0.428. The second-order valence-electron chi connectivity index (χ2n) is 9.66. The molecule has 0 N–H and O–H groups in total. The maximum absolute atomic E-state index is 15.8. The van der Waals surface area contributed by atoms with E-state index in [2.05, 4.69) is 88.6 Å². The molecule has 0 spiro atoms. The van der Waals surface area contributed by atoms with Crippen molar-refractivity contribution < 1.29 is 4.57 Å². The molecule has 34 heavy (non-hydrogen) atoms. The van der Waals surface area contributed by atoms with Crippen LogP contribution in [0.1, 0.15) is 25.2 Å². The zero-order valence-electron chi connectivity index (χ0n) is 20.4. The van der Waals surface area contributed by atoms with Gasteiger partial charge in [-0.25, -0.2) is 0 Å². The van der Waals surface area contributed by atoms with Gasteiger partial charge in [-0.3, -0.25) is 9.46 Å². The number of hydrogen-bond donors (Lipinski definition) is 0. The molecule has 2 saturated heterocycles. The lowest BCUT2D eigenvalue weighted by atomic mass is 10.1. The number of hydrogen-bond acceptors (Lipinski definition) is 3. The fourth-order valence-corrected chi connectivity index (χ4v) is 9.74. The summed E-state index contributed by atoms with van der Waals surface area (Å²) >= 11 is 0. The molecule has 0 bridgehead atoms. The Morgan fingerprint density at radius 2 is 1.12 bits per heavy atom. The maximum atomic E-state index is 15.8. The van der Waals surface area contributed by atoms with Crippen molar-refractivity contribution in [3.8, 4) is 0 Å². The van der Waals surface area contributed by atoms with Gasteiger partial charge in [0.25, 0.3) is 7.44 Å². The molecule has 3 unspecified atom stereocenters. The third-order valence-corrected chi connectivity index (χ3v) is 10.6. The van der Waals surface area contributed by atoms with Crippen LogP contribution in [-0.4, -0.2) is 55.1 Å². The number of rotatable bonds is 5. The van der Waals surface area contributed by atoms with E-state index in [0.717, 1.165) is 43.1 Å². The average Bonchev–Trinajstić information content (AvgIpc) is 3.20. The lowest BCUT2D eigenvalue weighted by Crippen LogP contribution is -2.57. The SMILES string of the molecule is CC1CN(C)CC(C)N1C(c1ccccc1)P1(=O)N(c2ccccc2)CCN1c1ccccc1. The van der Waals surface area contributed by atoms with Gasteiger partial charge in [0.2, 0.25) is 0 Å². The molecule has 0 saturated carbocycles. The molecule has 0 aliphatic carbocycles. The number of benzene rings is 3. The van der Waals surface area contributed by atoms with Gasteiger partial charge in [0, 0.05) is 49.6 Å². The molecule has 3 aromatic carbocycles. The Kier molecular flexibility index (Phi) is 6.52. The molecule has 2 fully saturated rings. The Morgan fingerprint density at radius 3 is 1.56 bits per heavy atom. The predicted molar refractivity (Wildman–Crippen MR) is 143 cm³/mol. The van der Waals surface area contributed by atoms with Gasteiger partial charge in [-0.2, -0.15) is 0 Å². The van der Waals surface area contributed by atoms with Gasteiger partial charge in [-0.1, -0.05) is 66.7 Å². The molecule has 178 valence electrons. The third kappa shape index (κ3) is 4.07. The number of nitrogens with zero attached hydrogens (tertiary/aromatic N) is 4. The Labute approximate surface area is 204 Å². The molecule has 0 aromatic heterocycles. The first-order valence-electron chi connectivity index (χ1n) is 12.3. The van der Waals surface area contributed by atoms with E-state index in [1.54, 1.807) is 0 Å². The fraction of sp³-hybridized carbons (Fsp3) is 0.357. The van der Waals surface area contributed by atoms with Crippen molar-refractivity contribution in [3.05, 3.63) is 96.6 Å². The van der Waals surface area contributed by atoms with Crippen molar-refractivity contribution in [2.45, 2.75) is 31.7 Å². The lowest BCUT2D eigenvalue weighted by molar-refractivity contribution is 0.0390. The van der Waals surface area contributed by atoms with Crippen molar-refractivity contribution in [2.75, 3.05) is 42.6 Å². The van der Waals surface area contributed by atoms with Crippen molar-refractivity contribution in [2.24, 2.45) is 0 Å². The van der Waals surface area contributed by atoms with Crippen LogP contribution in [0, 0.1) is 0 Å². The summed E-state index contributed by atoms with van der Waals surface area (Å²) in [6, 6.07) is 31.7. The van der Waals surface area contributed by atoms with E-state index in [-0.39, 0.29) is 17.9 Å². The molecule has 3 atom stereocenters. The second kappa shape index (κ2) is 9.58. The van der Waals surface area contributed by atoms with E-state index in [0.29, 0.717) is 0 Å². The molecule has 0 radical (unpaired) electrons. The summed E-state index contributed by atoms with van der Waals surface area (Å²) in [7, 11) is -0.968. The highest BCUT2D eigenvalue weighted by molar-refractivity contribution is 7.67. The molecule has 2 aliphatic heterocycles. The summed E-state index contributed by atoms with van der Waals surface area (Å²) in [5.41, 5.74) is 3.18. The monoisotopic (exact) mass is 474 g/mol. The zero-order chi connectivity index (χ0) is 23.7. The molecular weight excluding hydrogens is 439 g/mol. The Hall–Kier alpha value is -2.59. The van der Waals surface area contributed by atoms with E-state index < -0.39 is 7.44 Å². The second-order valence-corrected chi connectivity index (χ2v) is 12.3. The summed E-state index contributed by atoms with van der Waals surface area (Å²) in [5, 5.41) is 0. The summed E-state index contributed by atoms with van der Waals surface area (Å²) in [6.45, 7) is 7.95. The summed E-state index contributed by atoms with van der Waals surface area (Å²) < 4.78 is 20.3. The largest absolute Gasteiger partial charge is 0.304 e. The number of piperazine rings is 1. The van der Waals surface area contributed by atoms with Crippen LogP contribution in [0.25, 0.3) is 0 Å². The summed E-state index contributed by atoms with van der Waals surface area (Å²) in [6.07, 6.45) is 0. The van der Waals surface area contributed by atoms with Gasteiger partial charge < -0.3 is 14.2 Å². The smallest absolute Gasteiger partial charge is 0.284 e. The van der Waals surface area contributed by atoms with Crippen LogP contribution in [0.3, 0.4) is 0 Å². The van der Waals surface area contributed by atoms with Crippen LogP contribution in [0.4, 0.5) is 11.4 Å². The van der Waals surface area contributed by atoms with Gasteiger partial charge in [0.05, 0.1) is 0 Å².